The lowest BCUT2D eigenvalue weighted by Crippen LogP contribution is -2.62. The first-order valence-electron chi connectivity index (χ1n) is 14.9. The number of hydrogen-bond donors (Lipinski definition) is 0. The molecule has 0 aromatic heterocycles. The molecule has 0 unspecified atom stereocenters. The van der Waals surface area contributed by atoms with Gasteiger partial charge < -0.3 is 52.1 Å². The Morgan fingerprint density at radius 1 is 0.600 bits per heavy atom. The maximum atomic E-state index is 12.0. The maximum absolute atomic E-state index is 12.0. The monoisotopic (exact) mass is 644 g/mol. The minimum Gasteiger partial charge on any atom is -0.463 e. The lowest BCUT2D eigenvalue weighted by Gasteiger charge is -2.44. The third-order valence-corrected chi connectivity index (χ3v) is 7.37. The number of hydrogen-bond acceptors (Lipinski definition) is 15. The van der Waals surface area contributed by atoms with Crippen LogP contribution in [0.2, 0.25) is 0 Å². The van der Waals surface area contributed by atoms with Gasteiger partial charge in [-0.3, -0.25) is 19.2 Å². The number of esters is 4. The van der Waals surface area contributed by atoms with Crippen molar-refractivity contribution in [3.05, 3.63) is 12.2 Å². The van der Waals surface area contributed by atoms with Crippen LogP contribution < -0.4 is 0 Å². The molecule has 0 radical (unpaired) electrons. The summed E-state index contributed by atoms with van der Waals surface area (Å²) in [7, 11) is 0. The van der Waals surface area contributed by atoms with E-state index >= 15 is 0 Å². The summed E-state index contributed by atoms with van der Waals surface area (Å²) in [5.41, 5.74) is 0. The quantitative estimate of drug-likeness (QED) is 0.137. The molecule has 10 atom stereocenters. The van der Waals surface area contributed by atoms with Crippen molar-refractivity contribution in [2.45, 2.75) is 135 Å². The van der Waals surface area contributed by atoms with E-state index in [-0.39, 0.29) is 26.2 Å². The second-order valence-electron chi connectivity index (χ2n) is 12.2. The first kappa shape index (κ1) is 35.2. The van der Waals surface area contributed by atoms with E-state index in [9.17, 15) is 19.2 Å². The highest BCUT2D eigenvalue weighted by atomic mass is 16.9. The highest BCUT2D eigenvalue weighted by molar-refractivity contribution is 5.68. The van der Waals surface area contributed by atoms with E-state index in [1.807, 2.05) is 27.7 Å². The normalized spacial score (nSPS) is 36.5. The number of carbonyl (C=O) groups excluding carboxylic acids is 4. The van der Waals surface area contributed by atoms with E-state index in [1.54, 1.807) is 12.2 Å². The van der Waals surface area contributed by atoms with E-state index < -0.39 is 96.7 Å². The van der Waals surface area contributed by atoms with Crippen LogP contribution in [0, 0.1) is 0 Å². The summed E-state index contributed by atoms with van der Waals surface area (Å²) in [6, 6.07) is 0. The SMILES string of the molecule is CC(=O)OC[C@H]1O[C@H](C/C=C\COC[C@H]2O[C@@H]3OC(C)(C)O[C@@H]3[C@H]3OC(C)(C)O[C@H]32)[C@H](OC(C)=O)[C@@H](OC(C)=O)[C@H]1OC(C)=O. The van der Waals surface area contributed by atoms with Gasteiger partial charge in [0.15, 0.2) is 36.2 Å². The molecule has 254 valence electrons. The lowest BCUT2D eigenvalue weighted by molar-refractivity contribution is -0.251. The smallest absolute Gasteiger partial charge is 0.303 e. The minimum absolute atomic E-state index is 0.178. The van der Waals surface area contributed by atoms with E-state index in [0.29, 0.717) is 0 Å². The van der Waals surface area contributed by atoms with Crippen LogP contribution in [0.4, 0.5) is 0 Å². The van der Waals surface area contributed by atoms with Crippen LogP contribution in [0.3, 0.4) is 0 Å². The minimum atomic E-state index is -1.22. The zero-order chi connectivity index (χ0) is 33.1. The molecule has 0 aromatic carbocycles. The largest absolute Gasteiger partial charge is 0.463 e. The van der Waals surface area contributed by atoms with Gasteiger partial charge in [0.1, 0.15) is 43.2 Å². The molecule has 4 saturated heterocycles. The van der Waals surface area contributed by atoms with Crippen LogP contribution in [-0.2, 0) is 71.3 Å². The lowest BCUT2D eigenvalue weighted by atomic mass is 9.92. The Labute approximate surface area is 262 Å². The molecule has 0 aliphatic carbocycles. The molecule has 4 aliphatic heterocycles. The molecule has 15 nitrogen and oxygen atoms in total. The molecule has 4 rings (SSSR count). The second-order valence-corrected chi connectivity index (χ2v) is 12.2. The Balaban J connectivity index is 1.40. The average Bonchev–Trinajstić information content (AvgIpc) is 3.40. The Bertz CT molecular complexity index is 1120. The predicted octanol–water partition coefficient (Wildman–Crippen LogP) is 1.47. The van der Waals surface area contributed by atoms with Crippen molar-refractivity contribution < 1.29 is 71.3 Å². The van der Waals surface area contributed by atoms with Crippen LogP contribution in [0.1, 0.15) is 61.8 Å². The van der Waals surface area contributed by atoms with Gasteiger partial charge in [0.05, 0.1) is 13.2 Å². The van der Waals surface area contributed by atoms with Crippen molar-refractivity contribution in [1.29, 1.82) is 0 Å². The van der Waals surface area contributed by atoms with E-state index in [1.165, 1.54) is 27.7 Å². The first-order chi connectivity index (χ1) is 21.0. The van der Waals surface area contributed by atoms with Gasteiger partial charge in [-0.25, -0.2) is 0 Å². The first-order valence-corrected chi connectivity index (χ1v) is 14.9. The fraction of sp³-hybridized carbons (Fsp3) is 0.800. The maximum Gasteiger partial charge on any atom is 0.303 e. The Morgan fingerprint density at radius 2 is 1.16 bits per heavy atom. The summed E-state index contributed by atoms with van der Waals surface area (Å²) in [5, 5.41) is 0. The summed E-state index contributed by atoms with van der Waals surface area (Å²) in [6.07, 6.45) is -4.12. The predicted molar refractivity (Wildman–Crippen MR) is 149 cm³/mol. The third kappa shape index (κ3) is 9.21. The summed E-state index contributed by atoms with van der Waals surface area (Å²) < 4.78 is 63.8. The summed E-state index contributed by atoms with van der Waals surface area (Å²) in [5.74, 6) is -4.29. The highest BCUT2D eigenvalue weighted by Gasteiger charge is 2.60. The van der Waals surface area contributed by atoms with Crippen LogP contribution in [0.15, 0.2) is 12.2 Å². The Hall–Kier alpha value is -2.66. The van der Waals surface area contributed by atoms with Gasteiger partial charge in [-0.05, 0) is 34.1 Å². The molecule has 0 amide bonds. The van der Waals surface area contributed by atoms with Crippen LogP contribution in [0.5, 0.6) is 0 Å². The Morgan fingerprint density at radius 3 is 1.78 bits per heavy atom. The number of fused-ring (bicyclic) bond motifs is 3. The van der Waals surface area contributed by atoms with Gasteiger partial charge in [-0.2, -0.15) is 0 Å². The highest BCUT2D eigenvalue weighted by Crippen LogP contribution is 2.44. The molecular formula is C30H44O15. The van der Waals surface area contributed by atoms with Gasteiger partial charge >= 0.3 is 23.9 Å². The molecule has 4 heterocycles. The standard InChI is InChI=1S/C30H44O15/c1-15(31)36-14-21-23(38-17(3)33)25(39-18(4)34)22(37-16(2)32)19(40-21)11-9-10-12-35-13-20-24-26(43-29(5,6)42-24)27-28(41-20)45-30(7,8)44-27/h9-10,19-28H,11-14H2,1-8H3/b10-9-/t19-,20-,21-,22+,23+,24+,25-,26+,27-,28-/m1/s1. The molecule has 4 fully saturated rings. The third-order valence-electron chi connectivity index (χ3n) is 7.37. The van der Waals surface area contributed by atoms with Crippen molar-refractivity contribution in [2.24, 2.45) is 0 Å². The summed E-state index contributed by atoms with van der Waals surface area (Å²) in [4.78, 5) is 47.5. The molecule has 0 aromatic rings. The zero-order valence-electron chi connectivity index (χ0n) is 26.9. The van der Waals surface area contributed by atoms with Crippen molar-refractivity contribution in [1.82, 2.24) is 0 Å². The van der Waals surface area contributed by atoms with Crippen molar-refractivity contribution in [3.63, 3.8) is 0 Å². The van der Waals surface area contributed by atoms with Crippen molar-refractivity contribution in [2.75, 3.05) is 19.8 Å². The van der Waals surface area contributed by atoms with Crippen LogP contribution in [0.25, 0.3) is 0 Å². The number of carbonyl (C=O) groups is 4. The summed E-state index contributed by atoms with van der Waals surface area (Å²) in [6.45, 7) is 12.1. The van der Waals surface area contributed by atoms with Crippen molar-refractivity contribution in [3.8, 4) is 0 Å². The molecule has 4 aliphatic rings. The molecule has 0 N–H and O–H groups in total. The fourth-order valence-electron chi connectivity index (χ4n) is 5.89. The van der Waals surface area contributed by atoms with Crippen LogP contribution in [-0.4, -0.2) is 116 Å². The summed E-state index contributed by atoms with van der Waals surface area (Å²) >= 11 is 0. The number of rotatable bonds is 11. The van der Waals surface area contributed by atoms with Crippen LogP contribution >= 0.6 is 0 Å². The van der Waals surface area contributed by atoms with Gasteiger partial charge in [0, 0.05) is 27.7 Å². The molecule has 0 spiro atoms. The van der Waals surface area contributed by atoms with E-state index in [4.69, 9.17) is 52.1 Å². The van der Waals surface area contributed by atoms with E-state index in [2.05, 4.69) is 0 Å². The second kappa shape index (κ2) is 14.4. The van der Waals surface area contributed by atoms with Gasteiger partial charge in [0.25, 0.3) is 0 Å². The topological polar surface area (TPSA) is 170 Å². The number of ether oxygens (including phenoxy) is 11. The zero-order valence-corrected chi connectivity index (χ0v) is 26.9. The molecule has 15 heteroatoms. The fourth-order valence-corrected chi connectivity index (χ4v) is 5.89. The Kier molecular flexibility index (Phi) is 11.3. The molecule has 45 heavy (non-hydrogen) atoms. The molecular weight excluding hydrogens is 600 g/mol. The van der Waals surface area contributed by atoms with Gasteiger partial charge in [0.2, 0.25) is 0 Å². The van der Waals surface area contributed by atoms with Crippen molar-refractivity contribution >= 4 is 23.9 Å². The van der Waals surface area contributed by atoms with E-state index in [0.717, 1.165) is 0 Å². The van der Waals surface area contributed by atoms with Gasteiger partial charge in [-0.1, -0.05) is 12.2 Å². The molecule has 0 bridgehead atoms. The van der Waals surface area contributed by atoms with Gasteiger partial charge in [-0.15, -0.1) is 0 Å². The molecule has 0 saturated carbocycles. The average molecular weight is 645 g/mol.